The first kappa shape index (κ1) is 18.3. The van der Waals surface area contributed by atoms with Crippen LogP contribution in [0.15, 0.2) is 48.5 Å². The molecule has 1 atom stereocenters. The van der Waals surface area contributed by atoms with Crippen LogP contribution < -0.4 is 15.0 Å². The number of piperidine rings is 1. The Bertz CT molecular complexity index is 717. The third kappa shape index (κ3) is 4.37. The van der Waals surface area contributed by atoms with E-state index in [0.29, 0.717) is 0 Å². The Morgan fingerprint density at radius 3 is 2.27 bits per heavy atom. The molecule has 0 spiro atoms. The highest BCUT2D eigenvalue weighted by Crippen LogP contribution is 2.25. The van der Waals surface area contributed by atoms with Gasteiger partial charge in [0.1, 0.15) is 5.75 Å². The largest absolute Gasteiger partial charge is 0.497 e. The summed E-state index contributed by atoms with van der Waals surface area (Å²) < 4.78 is 5.19. The zero-order valence-corrected chi connectivity index (χ0v) is 15.9. The van der Waals surface area contributed by atoms with Gasteiger partial charge in [-0.2, -0.15) is 0 Å². The molecule has 0 aromatic heterocycles. The van der Waals surface area contributed by atoms with Crippen LogP contribution in [0.4, 0.5) is 5.69 Å². The highest BCUT2D eigenvalue weighted by Gasteiger charge is 2.26. The highest BCUT2D eigenvalue weighted by atomic mass is 16.5. The fraction of sp³-hybridized carbons (Fsp3) is 0.409. The number of amides is 1. The Morgan fingerprint density at radius 1 is 1.08 bits per heavy atom. The van der Waals surface area contributed by atoms with E-state index < -0.39 is 0 Å². The molecule has 26 heavy (non-hydrogen) atoms. The Morgan fingerprint density at radius 2 is 1.69 bits per heavy atom. The number of carbonyl (C=O) groups is 1. The molecule has 3 rings (SSSR count). The Balaban J connectivity index is 1.52. The normalized spacial score (nSPS) is 16.2. The average Bonchev–Trinajstić information content (AvgIpc) is 2.68. The maximum Gasteiger partial charge on any atom is 0.223 e. The predicted octanol–water partition coefficient (Wildman–Crippen LogP) is 4.10. The number of nitrogens with one attached hydrogen (secondary N) is 1. The number of hydrogen-bond acceptors (Lipinski definition) is 3. The van der Waals surface area contributed by atoms with Crippen LogP contribution in [0.25, 0.3) is 0 Å². The van der Waals surface area contributed by atoms with Gasteiger partial charge in [-0.3, -0.25) is 4.79 Å². The second-order valence-electron chi connectivity index (χ2n) is 7.10. The van der Waals surface area contributed by atoms with Crippen molar-refractivity contribution in [1.82, 2.24) is 5.32 Å². The van der Waals surface area contributed by atoms with E-state index in [0.717, 1.165) is 37.2 Å². The van der Waals surface area contributed by atoms with Gasteiger partial charge in [-0.1, -0.05) is 29.8 Å². The summed E-state index contributed by atoms with van der Waals surface area (Å²) in [5.74, 6) is 1.09. The van der Waals surface area contributed by atoms with Crippen molar-refractivity contribution in [3.8, 4) is 5.75 Å². The summed E-state index contributed by atoms with van der Waals surface area (Å²) in [6.07, 6.45) is 1.80. The van der Waals surface area contributed by atoms with Crippen molar-refractivity contribution in [2.24, 2.45) is 5.92 Å². The van der Waals surface area contributed by atoms with Crippen molar-refractivity contribution in [2.75, 3.05) is 25.1 Å². The first-order chi connectivity index (χ1) is 12.6. The lowest BCUT2D eigenvalue weighted by molar-refractivity contribution is -0.126. The molecule has 0 aliphatic carbocycles. The van der Waals surface area contributed by atoms with Crippen molar-refractivity contribution in [3.63, 3.8) is 0 Å². The Hall–Kier alpha value is -2.49. The van der Waals surface area contributed by atoms with Crippen LogP contribution in [0.3, 0.4) is 0 Å². The SMILES string of the molecule is COc1ccc([C@H](C)NC(=O)C2CCN(c3ccc(C)cc3)CC2)cc1. The number of ether oxygens (including phenoxy) is 1. The molecule has 4 heteroatoms. The third-order valence-corrected chi connectivity index (χ3v) is 5.24. The summed E-state index contributed by atoms with van der Waals surface area (Å²) in [7, 11) is 1.66. The molecule has 1 aliphatic rings. The zero-order valence-electron chi connectivity index (χ0n) is 15.9. The molecule has 2 aromatic rings. The van der Waals surface area contributed by atoms with Gasteiger partial charge >= 0.3 is 0 Å². The van der Waals surface area contributed by atoms with E-state index in [-0.39, 0.29) is 17.9 Å². The first-order valence-corrected chi connectivity index (χ1v) is 9.33. The summed E-state index contributed by atoms with van der Waals surface area (Å²) in [5.41, 5.74) is 3.62. The summed E-state index contributed by atoms with van der Waals surface area (Å²) in [4.78, 5) is 15.0. The lowest BCUT2D eigenvalue weighted by Crippen LogP contribution is -2.41. The molecule has 1 saturated heterocycles. The summed E-state index contributed by atoms with van der Waals surface area (Å²) in [5, 5.41) is 3.17. The number of aryl methyl sites for hydroxylation is 1. The van der Waals surface area contributed by atoms with E-state index in [2.05, 4.69) is 41.4 Å². The third-order valence-electron chi connectivity index (χ3n) is 5.24. The molecule has 4 nitrogen and oxygen atoms in total. The quantitative estimate of drug-likeness (QED) is 0.881. The monoisotopic (exact) mass is 352 g/mol. The van der Waals surface area contributed by atoms with Crippen molar-refractivity contribution < 1.29 is 9.53 Å². The lowest BCUT2D eigenvalue weighted by atomic mass is 9.94. The number of rotatable bonds is 5. The van der Waals surface area contributed by atoms with Gasteiger partial charge in [-0.25, -0.2) is 0 Å². The fourth-order valence-corrected chi connectivity index (χ4v) is 3.46. The van der Waals surface area contributed by atoms with Crippen molar-refractivity contribution in [3.05, 3.63) is 59.7 Å². The molecule has 138 valence electrons. The summed E-state index contributed by atoms with van der Waals surface area (Å²) >= 11 is 0. The van der Waals surface area contributed by atoms with Gasteiger partial charge in [-0.15, -0.1) is 0 Å². The molecular weight excluding hydrogens is 324 g/mol. The van der Waals surface area contributed by atoms with E-state index in [1.54, 1.807) is 7.11 Å². The number of carbonyl (C=O) groups excluding carboxylic acids is 1. The van der Waals surface area contributed by atoms with Gasteiger partial charge in [-0.05, 0) is 56.5 Å². The predicted molar refractivity (Wildman–Crippen MR) is 106 cm³/mol. The summed E-state index contributed by atoms with van der Waals surface area (Å²) in [6, 6.07) is 16.5. The van der Waals surface area contributed by atoms with E-state index in [1.807, 2.05) is 31.2 Å². The second kappa shape index (κ2) is 8.26. The van der Waals surface area contributed by atoms with Crippen molar-refractivity contribution >= 4 is 11.6 Å². The van der Waals surface area contributed by atoms with Crippen molar-refractivity contribution in [2.45, 2.75) is 32.7 Å². The number of anilines is 1. The maximum absolute atomic E-state index is 12.6. The fourth-order valence-electron chi connectivity index (χ4n) is 3.46. The van der Waals surface area contributed by atoms with Crippen LogP contribution in [-0.4, -0.2) is 26.1 Å². The molecule has 1 fully saturated rings. The van der Waals surface area contributed by atoms with Crippen LogP contribution in [0.2, 0.25) is 0 Å². The molecule has 1 amide bonds. The molecule has 2 aromatic carbocycles. The van der Waals surface area contributed by atoms with E-state index in [4.69, 9.17) is 4.74 Å². The summed E-state index contributed by atoms with van der Waals surface area (Å²) in [6.45, 7) is 5.99. The van der Waals surface area contributed by atoms with E-state index in [9.17, 15) is 4.79 Å². The topological polar surface area (TPSA) is 41.6 Å². The van der Waals surface area contributed by atoms with E-state index >= 15 is 0 Å². The van der Waals surface area contributed by atoms with Crippen LogP contribution in [0.5, 0.6) is 5.75 Å². The van der Waals surface area contributed by atoms with Gasteiger partial charge in [0.15, 0.2) is 0 Å². The highest BCUT2D eigenvalue weighted by molar-refractivity contribution is 5.79. The minimum Gasteiger partial charge on any atom is -0.497 e. The minimum absolute atomic E-state index is 0.00327. The molecule has 1 N–H and O–H groups in total. The van der Waals surface area contributed by atoms with Crippen LogP contribution in [0, 0.1) is 12.8 Å². The van der Waals surface area contributed by atoms with Gasteiger partial charge in [0.25, 0.3) is 0 Å². The smallest absolute Gasteiger partial charge is 0.223 e. The number of hydrogen-bond donors (Lipinski definition) is 1. The second-order valence-corrected chi connectivity index (χ2v) is 7.10. The zero-order chi connectivity index (χ0) is 18.5. The molecule has 0 saturated carbocycles. The van der Waals surface area contributed by atoms with Gasteiger partial charge in [0, 0.05) is 24.7 Å². The van der Waals surface area contributed by atoms with Gasteiger partial charge in [0.2, 0.25) is 5.91 Å². The van der Waals surface area contributed by atoms with Crippen LogP contribution in [-0.2, 0) is 4.79 Å². The van der Waals surface area contributed by atoms with E-state index in [1.165, 1.54) is 11.3 Å². The maximum atomic E-state index is 12.6. The molecule has 0 unspecified atom stereocenters. The Labute approximate surface area is 156 Å². The first-order valence-electron chi connectivity index (χ1n) is 9.33. The molecule has 1 heterocycles. The average molecular weight is 352 g/mol. The number of methoxy groups -OCH3 is 1. The molecular formula is C22H28N2O2. The molecule has 1 aliphatic heterocycles. The number of nitrogens with zero attached hydrogens (tertiary/aromatic N) is 1. The van der Waals surface area contributed by atoms with Crippen molar-refractivity contribution in [1.29, 1.82) is 0 Å². The van der Waals surface area contributed by atoms with Gasteiger partial charge in [0.05, 0.1) is 13.2 Å². The molecule has 0 radical (unpaired) electrons. The van der Waals surface area contributed by atoms with Gasteiger partial charge < -0.3 is 15.0 Å². The van der Waals surface area contributed by atoms with Crippen LogP contribution in [0.1, 0.15) is 36.9 Å². The Kier molecular flexibility index (Phi) is 5.82. The minimum atomic E-state index is 0.00327. The number of benzene rings is 2. The van der Waals surface area contributed by atoms with Crippen LogP contribution >= 0.6 is 0 Å². The standard InChI is InChI=1S/C22H28N2O2/c1-16-4-8-20(9-5-16)24-14-12-19(13-15-24)22(25)23-17(2)18-6-10-21(26-3)11-7-18/h4-11,17,19H,12-15H2,1-3H3,(H,23,25)/t17-/m0/s1. The molecule has 0 bridgehead atoms. The lowest BCUT2D eigenvalue weighted by Gasteiger charge is -2.33.